The molecule has 0 amide bonds. The molecule has 0 aromatic heterocycles. The van der Waals surface area contributed by atoms with Crippen LogP contribution in [0, 0.1) is 17.7 Å². The van der Waals surface area contributed by atoms with Gasteiger partial charge in [0.2, 0.25) is 0 Å². The Bertz CT molecular complexity index is 397. The highest BCUT2D eigenvalue weighted by Crippen LogP contribution is 2.21. The van der Waals surface area contributed by atoms with E-state index in [-0.39, 0.29) is 11.4 Å². The second-order valence-electron chi connectivity index (χ2n) is 6.98. The maximum atomic E-state index is 13.0. The molecule has 1 aromatic rings. The minimum absolute atomic E-state index is 0.113. The second-order valence-corrected chi connectivity index (χ2v) is 6.98. The van der Waals surface area contributed by atoms with Crippen molar-refractivity contribution in [3.8, 4) is 0 Å². The summed E-state index contributed by atoms with van der Waals surface area (Å²) in [7, 11) is 1.75. The Morgan fingerprint density at radius 1 is 1.19 bits per heavy atom. The lowest BCUT2D eigenvalue weighted by atomic mass is 9.85. The molecular formula is C18H30FNO. The summed E-state index contributed by atoms with van der Waals surface area (Å²) in [4.78, 5) is 0. The van der Waals surface area contributed by atoms with E-state index in [1.807, 2.05) is 12.1 Å². The lowest BCUT2D eigenvalue weighted by molar-refractivity contribution is 0.161. The van der Waals surface area contributed by atoms with Gasteiger partial charge in [-0.15, -0.1) is 0 Å². The third kappa shape index (κ3) is 7.58. The van der Waals surface area contributed by atoms with Crippen LogP contribution in [0.25, 0.3) is 0 Å². The average molecular weight is 295 g/mol. The van der Waals surface area contributed by atoms with E-state index in [1.165, 1.54) is 5.56 Å². The molecule has 0 fully saturated rings. The third-order valence-corrected chi connectivity index (χ3v) is 3.89. The molecule has 0 bridgehead atoms. The van der Waals surface area contributed by atoms with Gasteiger partial charge in [-0.3, -0.25) is 0 Å². The summed E-state index contributed by atoms with van der Waals surface area (Å²) in [6.07, 6.45) is 2.02. The van der Waals surface area contributed by atoms with E-state index in [1.54, 1.807) is 19.2 Å². The highest BCUT2D eigenvalue weighted by molar-refractivity contribution is 5.16. The van der Waals surface area contributed by atoms with Crippen molar-refractivity contribution in [2.75, 3.05) is 20.3 Å². The first-order chi connectivity index (χ1) is 9.81. The van der Waals surface area contributed by atoms with Crippen LogP contribution in [-0.2, 0) is 11.2 Å². The first kappa shape index (κ1) is 18.1. The van der Waals surface area contributed by atoms with Crippen LogP contribution in [0.5, 0.6) is 0 Å². The van der Waals surface area contributed by atoms with Gasteiger partial charge in [-0.25, -0.2) is 4.39 Å². The molecule has 1 aromatic carbocycles. The van der Waals surface area contributed by atoms with Gasteiger partial charge in [0.1, 0.15) is 5.82 Å². The summed E-state index contributed by atoms with van der Waals surface area (Å²) in [6, 6.07) is 6.87. The Morgan fingerprint density at radius 2 is 1.81 bits per heavy atom. The quantitative estimate of drug-likeness (QED) is 0.781. The zero-order valence-electron chi connectivity index (χ0n) is 14.1. The summed E-state index contributed by atoms with van der Waals surface area (Å²) in [6.45, 7) is 10.6. The SMILES string of the molecule is COCCC(C)C(CNC(C)(C)C)Cc1ccc(F)cc1. The molecule has 1 rings (SSSR count). The zero-order valence-corrected chi connectivity index (χ0v) is 14.1. The monoisotopic (exact) mass is 295 g/mol. The Hall–Kier alpha value is -0.930. The van der Waals surface area contributed by atoms with Gasteiger partial charge in [-0.1, -0.05) is 19.1 Å². The van der Waals surface area contributed by atoms with E-state index in [2.05, 4.69) is 33.0 Å². The topological polar surface area (TPSA) is 21.3 Å². The molecule has 1 N–H and O–H groups in total. The van der Waals surface area contributed by atoms with Crippen molar-refractivity contribution in [1.82, 2.24) is 5.32 Å². The van der Waals surface area contributed by atoms with Gasteiger partial charge < -0.3 is 10.1 Å². The molecule has 2 nitrogen and oxygen atoms in total. The van der Waals surface area contributed by atoms with E-state index >= 15 is 0 Å². The molecular weight excluding hydrogens is 265 g/mol. The summed E-state index contributed by atoms with van der Waals surface area (Å²) in [5, 5.41) is 3.60. The number of methoxy groups -OCH3 is 1. The van der Waals surface area contributed by atoms with Crippen LogP contribution in [0.15, 0.2) is 24.3 Å². The maximum absolute atomic E-state index is 13.0. The van der Waals surface area contributed by atoms with E-state index in [9.17, 15) is 4.39 Å². The fraction of sp³-hybridized carbons (Fsp3) is 0.667. The number of hydrogen-bond donors (Lipinski definition) is 1. The zero-order chi connectivity index (χ0) is 15.9. The van der Waals surface area contributed by atoms with Crippen LogP contribution in [0.4, 0.5) is 4.39 Å². The van der Waals surface area contributed by atoms with Gasteiger partial charge in [0, 0.05) is 19.3 Å². The molecule has 0 radical (unpaired) electrons. The van der Waals surface area contributed by atoms with Crippen LogP contribution in [0.2, 0.25) is 0 Å². The molecule has 0 saturated heterocycles. The normalized spacial score (nSPS) is 15.0. The van der Waals surface area contributed by atoms with Crippen LogP contribution in [0.1, 0.15) is 39.7 Å². The predicted molar refractivity (Wildman–Crippen MR) is 87.0 cm³/mol. The number of nitrogens with one attached hydrogen (secondary N) is 1. The Labute approximate surface area is 129 Å². The lowest BCUT2D eigenvalue weighted by Gasteiger charge is -2.29. The summed E-state index contributed by atoms with van der Waals surface area (Å²) in [5.41, 5.74) is 1.31. The first-order valence-corrected chi connectivity index (χ1v) is 7.80. The number of benzene rings is 1. The minimum Gasteiger partial charge on any atom is -0.385 e. The van der Waals surface area contributed by atoms with Gasteiger partial charge >= 0.3 is 0 Å². The van der Waals surface area contributed by atoms with Crippen LogP contribution in [-0.4, -0.2) is 25.8 Å². The minimum atomic E-state index is -0.171. The van der Waals surface area contributed by atoms with Crippen molar-refractivity contribution in [3.63, 3.8) is 0 Å². The predicted octanol–water partition coefficient (Wildman–Crippen LogP) is 4.05. The fourth-order valence-corrected chi connectivity index (χ4v) is 2.37. The van der Waals surface area contributed by atoms with E-state index < -0.39 is 0 Å². The Morgan fingerprint density at radius 3 is 2.33 bits per heavy atom. The van der Waals surface area contributed by atoms with E-state index in [0.717, 1.165) is 26.0 Å². The summed E-state index contributed by atoms with van der Waals surface area (Å²) >= 11 is 0. The van der Waals surface area contributed by atoms with Crippen LogP contribution < -0.4 is 5.32 Å². The first-order valence-electron chi connectivity index (χ1n) is 7.80. The second kappa shape index (κ2) is 8.50. The third-order valence-electron chi connectivity index (χ3n) is 3.89. The lowest BCUT2D eigenvalue weighted by Crippen LogP contribution is -2.41. The Balaban J connectivity index is 2.68. The Kier molecular flexibility index (Phi) is 7.33. The molecule has 3 heteroatoms. The van der Waals surface area contributed by atoms with Crippen molar-refractivity contribution in [2.24, 2.45) is 11.8 Å². The maximum Gasteiger partial charge on any atom is 0.123 e. The molecule has 0 aliphatic heterocycles. The van der Waals surface area contributed by atoms with Gasteiger partial charge in [0.05, 0.1) is 0 Å². The van der Waals surface area contributed by atoms with Gasteiger partial charge in [0.15, 0.2) is 0 Å². The molecule has 0 spiro atoms. The van der Waals surface area contributed by atoms with Crippen molar-refractivity contribution in [1.29, 1.82) is 0 Å². The molecule has 0 saturated carbocycles. The number of rotatable bonds is 8. The number of ether oxygens (including phenoxy) is 1. The number of hydrogen-bond acceptors (Lipinski definition) is 2. The smallest absolute Gasteiger partial charge is 0.123 e. The van der Waals surface area contributed by atoms with Gasteiger partial charge in [0.25, 0.3) is 0 Å². The number of halogens is 1. The molecule has 0 heterocycles. The molecule has 0 aliphatic rings. The molecule has 21 heavy (non-hydrogen) atoms. The van der Waals surface area contributed by atoms with E-state index in [0.29, 0.717) is 11.8 Å². The fourth-order valence-electron chi connectivity index (χ4n) is 2.37. The molecule has 120 valence electrons. The van der Waals surface area contributed by atoms with Crippen LogP contribution in [0.3, 0.4) is 0 Å². The van der Waals surface area contributed by atoms with Crippen molar-refractivity contribution >= 4 is 0 Å². The highest BCUT2D eigenvalue weighted by atomic mass is 19.1. The van der Waals surface area contributed by atoms with Crippen molar-refractivity contribution < 1.29 is 9.13 Å². The molecule has 0 aliphatic carbocycles. The van der Waals surface area contributed by atoms with Gasteiger partial charge in [-0.2, -0.15) is 0 Å². The highest BCUT2D eigenvalue weighted by Gasteiger charge is 2.20. The summed E-state index contributed by atoms with van der Waals surface area (Å²) in [5.74, 6) is 0.908. The van der Waals surface area contributed by atoms with Crippen molar-refractivity contribution in [2.45, 2.75) is 46.1 Å². The standard InChI is InChI=1S/C18H30FNO/c1-14(10-11-21-5)16(13-20-18(2,3)4)12-15-6-8-17(19)9-7-15/h6-9,14,16,20H,10-13H2,1-5H3. The van der Waals surface area contributed by atoms with Crippen LogP contribution >= 0.6 is 0 Å². The van der Waals surface area contributed by atoms with E-state index in [4.69, 9.17) is 4.74 Å². The largest absolute Gasteiger partial charge is 0.385 e. The average Bonchev–Trinajstić information content (AvgIpc) is 2.41. The molecule has 2 atom stereocenters. The van der Waals surface area contributed by atoms with Gasteiger partial charge in [-0.05, 0) is 69.7 Å². The summed E-state index contributed by atoms with van der Waals surface area (Å²) < 4.78 is 18.2. The van der Waals surface area contributed by atoms with Crippen molar-refractivity contribution in [3.05, 3.63) is 35.6 Å². The molecule has 2 unspecified atom stereocenters.